The number of carbonyl (C=O) groups excluding carboxylic acids is 1. The largest absolute Gasteiger partial charge is 0.496 e. The molecular formula is C21H19FN2O3. The van der Waals surface area contributed by atoms with Gasteiger partial charge in [-0.05, 0) is 66.6 Å². The quantitative estimate of drug-likeness (QED) is 0.512. The molecule has 0 aliphatic rings. The van der Waals surface area contributed by atoms with Crippen molar-refractivity contribution in [2.45, 2.75) is 13.5 Å². The fourth-order valence-corrected chi connectivity index (χ4v) is 2.72. The van der Waals surface area contributed by atoms with Crippen molar-refractivity contribution in [1.82, 2.24) is 10.2 Å². The maximum atomic E-state index is 14.1. The van der Waals surface area contributed by atoms with Crippen molar-refractivity contribution < 1.29 is 19.0 Å². The number of ketones is 1. The molecule has 0 aliphatic carbocycles. The van der Waals surface area contributed by atoms with E-state index in [0.29, 0.717) is 28.1 Å². The van der Waals surface area contributed by atoms with Gasteiger partial charge in [-0.3, -0.25) is 9.89 Å². The Morgan fingerprint density at radius 3 is 2.74 bits per heavy atom. The normalized spacial score (nSPS) is 11.1. The molecule has 0 amide bonds. The van der Waals surface area contributed by atoms with Gasteiger partial charge >= 0.3 is 0 Å². The zero-order valence-electron chi connectivity index (χ0n) is 15.0. The Morgan fingerprint density at radius 2 is 2.07 bits per heavy atom. The summed E-state index contributed by atoms with van der Waals surface area (Å²) in [5.41, 5.74) is 3.24. The molecule has 6 heteroatoms. The van der Waals surface area contributed by atoms with Gasteiger partial charge in [-0.15, -0.1) is 0 Å². The van der Waals surface area contributed by atoms with Gasteiger partial charge in [0.25, 0.3) is 0 Å². The number of aliphatic hydroxyl groups excluding tert-OH is 1. The number of allylic oxidation sites excluding steroid dienone is 1. The van der Waals surface area contributed by atoms with Crippen LogP contribution in [-0.2, 0) is 6.61 Å². The van der Waals surface area contributed by atoms with Crippen molar-refractivity contribution in [1.29, 1.82) is 0 Å². The second kappa shape index (κ2) is 7.97. The number of nitrogens with zero attached hydrogens (tertiary/aromatic N) is 1. The minimum atomic E-state index is -0.464. The van der Waals surface area contributed by atoms with Gasteiger partial charge < -0.3 is 9.84 Å². The van der Waals surface area contributed by atoms with Crippen LogP contribution in [-0.4, -0.2) is 28.2 Å². The first-order valence-corrected chi connectivity index (χ1v) is 8.34. The number of ether oxygens (including phenoxy) is 1. The van der Waals surface area contributed by atoms with Gasteiger partial charge in [0, 0.05) is 11.1 Å². The van der Waals surface area contributed by atoms with Crippen LogP contribution in [0.15, 0.2) is 48.5 Å². The summed E-state index contributed by atoms with van der Waals surface area (Å²) in [5, 5.41) is 15.9. The average Bonchev–Trinajstić information content (AvgIpc) is 3.14. The SMILES string of the molecule is COc1ccc(C(=O)/C=C/c2cc(-c3ccc(CO)cc3F)n[nH]2)cc1C. The van der Waals surface area contributed by atoms with Crippen LogP contribution in [0.25, 0.3) is 17.3 Å². The summed E-state index contributed by atoms with van der Waals surface area (Å²) < 4.78 is 19.3. The lowest BCUT2D eigenvalue weighted by atomic mass is 10.1. The van der Waals surface area contributed by atoms with Crippen molar-refractivity contribution in [3.8, 4) is 17.0 Å². The maximum absolute atomic E-state index is 14.1. The molecule has 138 valence electrons. The van der Waals surface area contributed by atoms with Crippen LogP contribution in [0.2, 0.25) is 0 Å². The standard InChI is InChI=1S/C21H19FN2O3/c1-13-9-15(4-8-21(13)27-2)20(26)7-5-16-11-19(24-23-16)17-6-3-14(12-25)10-18(17)22/h3-11,25H,12H2,1-2H3,(H,23,24)/b7-5+. The molecule has 2 N–H and O–H groups in total. The molecule has 0 fully saturated rings. The molecule has 2 aromatic carbocycles. The zero-order valence-corrected chi connectivity index (χ0v) is 15.0. The lowest BCUT2D eigenvalue weighted by Crippen LogP contribution is -1.96. The molecular weight excluding hydrogens is 347 g/mol. The van der Waals surface area contributed by atoms with E-state index in [1.54, 1.807) is 49.6 Å². The number of hydrogen-bond donors (Lipinski definition) is 2. The van der Waals surface area contributed by atoms with Crippen molar-refractivity contribution in [3.05, 3.63) is 76.7 Å². The number of hydrogen-bond acceptors (Lipinski definition) is 4. The van der Waals surface area contributed by atoms with E-state index in [0.717, 1.165) is 11.3 Å². The molecule has 0 atom stereocenters. The Morgan fingerprint density at radius 1 is 1.26 bits per heavy atom. The van der Waals surface area contributed by atoms with Gasteiger partial charge in [0.05, 0.1) is 25.1 Å². The maximum Gasteiger partial charge on any atom is 0.185 e. The fraction of sp³-hybridized carbons (Fsp3) is 0.143. The Hall–Kier alpha value is -3.25. The molecule has 5 nitrogen and oxygen atoms in total. The highest BCUT2D eigenvalue weighted by atomic mass is 19.1. The predicted molar refractivity (Wildman–Crippen MR) is 101 cm³/mol. The number of carbonyl (C=O) groups is 1. The summed E-state index contributed by atoms with van der Waals surface area (Å²) in [4.78, 5) is 12.3. The monoisotopic (exact) mass is 366 g/mol. The molecule has 1 aromatic heterocycles. The Kier molecular flexibility index (Phi) is 5.47. The van der Waals surface area contributed by atoms with E-state index < -0.39 is 5.82 Å². The van der Waals surface area contributed by atoms with Crippen molar-refractivity contribution >= 4 is 11.9 Å². The Balaban J connectivity index is 1.77. The van der Waals surface area contributed by atoms with Gasteiger partial charge in [-0.2, -0.15) is 5.10 Å². The van der Waals surface area contributed by atoms with Crippen LogP contribution >= 0.6 is 0 Å². The highest BCUT2D eigenvalue weighted by Crippen LogP contribution is 2.23. The molecule has 0 spiro atoms. The van der Waals surface area contributed by atoms with Crippen LogP contribution in [0, 0.1) is 12.7 Å². The third kappa shape index (κ3) is 4.12. The van der Waals surface area contributed by atoms with Crippen LogP contribution in [0.5, 0.6) is 5.75 Å². The second-order valence-corrected chi connectivity index (χ2v) is 6.06. The van der Waals surface area contributed by atoms with E-state index in [1.807, 2.05) is 6.92 Å². The fourth-order valence-electron chi connectivity index (χ4n) is 2.72. The first-order chi connectivity index (χ1) is 13.0. The van der Waals surface area contributed by atoms with Gasteiger partial charge in [-0.25, -0.2) is 4.39 Å². The van der Waals surface area contributed by atoms with Crippen LogP contribution in [0.1, 0.15) is 27.2 Å². The van der Waals surface area contributed by atoms with E-state index in [2.05, 4.69) is 10.2 Å². The summed E-state index contributed by atoms with van der Waals surface area (Å²) in [6.45, 7) is 1.65. The van der Waals surface area contributed by atoms with Crippen molar-refractivity contribution in [3.63, 3.8) is 0 Å². The molecule has 1 heterocycles. The number of nitrogens with one attached hydrogen (secondary N) is 1. The van der Waals surface area contributed by atoms with Gasteiger partial charge in [0.1, 0.15) is 11.6 Å². The van der Waals surface area contributed by atoms with Crippen LogP contribution < -0.4 is 4.74 Å². The third-order valence-electron chi connectivity index (χ3n) is 4.18. The highest BCUT2D eigenvalue weighted by Gasteiger charge is 2.10. The third-order valence-corrected chi connectivity index (χ3v) is 4.18. The average molecular weight is 366 g/mol. The number of aryl methyl sites for hydroxylation is 1. The minimum Gasteiger partial charge on any atom is -0.496 e. The van der Waals surface area contributed by atoms with E-state index in [9.17, 15) is 9.18 Å². The summed E-state index contributed by atoms with van der Waals surface area (Å²) in [6, 6.07) is 11.4. The van der Waals surface area contributed by atoms with Crippen LogP contribution in [0.4, 0.5) is 4.39 Å². The molecule has 0 saturated heterocycles. The van der Waals surface area contributed by atoms with E-state index >= 15 is 0 Å². The summed E-state index contributed by atoms with van der Waals surface area (Å²) in [6.07, 6.45) is 3.03. The van der Waals surface area contributed by atoms with Gasteiger partial charge in [0.15, 0.2) is 5.78 Å². The molecule has 0 saturated carbocycles. The molecule has 0 unspecified atom stereocenters. The molecule has 3 aromatic rings. The number of benzene rings is 2. The Bertz CT molecular complexity index is 1010. The minimum absolute atomic E-state index is 0.157. The Labute approximate surface area is 156 Å². The zero-order chi connectivity index (χ0) is 19.4. The summed E-state index contributed by atoms with van der Waals surface area (Å²) in [5.74, 6) is 0.103. The molecule has 27 heavy (non-hydrogen) atoms. The molecule has 0 bridgehead atoms. The van der Waals surface area contributed by atoms with E-state index in [-0.39, 0.29) is 12.4 Å². The number of methoxy groups -OCH3 is 1. The number of aliphatic hydroxyl groups is 1. The number of halogens is 1. The summed E-state index contributed by atoms with van der Waals surface area (Å²) in [7, 11) is 1.58. The number of H-pyrrole nitrogens is 1. The first kappa shape index (κ1) is 18.5. The topological polar surface area (TPSA) is 75.2 Å². The lowest BCUT2D eigenvalue weighted by Gasteiger charge is -2.05. The first-order valence-electron chi connectivity index (χ1n) is 8.34. The number of aromatic nitrogens is 2. The second-order valence-electron chi connectivity index (χ2n) is 6.06. The predicted octanol–water partition coefficient (Wildman–Crippen LogP) is 3.92. The number of rotatable bonds is 6. The van der Waals surface area contributed by atoms with Crippen LogP contribution in [0.3, 0.4) is 0 Å². The molecule has 3 rings (SSSR count). The highest BCUT2D eigenvalue weighted by molar-refractivity contribution is 6.07. The van der Waals surface area contributed by atoms with E-state index in [4.69, 9.17) is 9.84 Å². The number of aromatic amines is 1. The summed E-state index contributed by atoms with van der Waals surface area (Å²) >= 11 is 0. The molecule has 0 aliphatic heterocycles. The van der Waals surface area contributed by atoms with Crippen molar-refractivity contribution in [2.75, 3.05) is 7.11 Å². The smallest absolute Gasteiger partial charge is 0.185 e. The van der Waals surface area contributed by atoms with Crippen molar-refractivity contribution in [2.24, 2.45) is 0 Å². The van der Waals surface area contributed by atoms with E-state index in [1.165, 1.54) is 12.1 Å². The molecule has 0 radical (unpaired) electrons. The van der Waals surface area contributed by atoms with Gasteiger partial charge in [0.2, 0.25) is 0 Å². The van der Waals surface area contributed by atoms with Gasteiger partial charge in [-0.1, -0.05) is 6.07 Å². The lowest BCUT2D eigenvalue weighted by molar-refractivity contribution is 0.104.